The molecule has 6 heterocycles. The van der Waals surface area contributed by atoms with Crippen molar-refractivity contribution in [1.29, 1.82) is 0 Å². The Labute approximate surface area is 361 Å². The summed E-state index contributed by atoms with van der Waals surface area (Å²) < 4.78 is 12.4. The predicted molar refractivity (Wildman–Crippen MR) is 242 cm³/mol. The number of fused-ring (bicyclic) bond motifs is 12. The molecule has 1 unspecified atom stereocenters. The second-order valence-corrected chi connectivity index (χ2v) is 18.0. The molecular weight excluding hydrogens is 769 g/mol. The fraction of sp³-hybridized carbons (Fsp3) is 0.308. The molecule has 8 aromatic rings. The largest absolute Gasteiger partial charge is 0.487 e. The Kier molecular flexibility index (Phi) is 8.66. The van der Waals surface area contributed by atoms with Gasteiger partial charge in [-0.1, -0.05) is 82.3 Å². The molecule has 0 saturated heterocycles. The normalized spacial score (nSPS) is 14.7. The molecule has 0 amide bonds. The number of nitrogens with zero attached hydrogens (tertiary/aromatic N) is 4. The minimum atomic E-state index is 0.247. The Morgan fingerprint density at radius 3 is 1.89 bits per heavy atom. The highest BCUT2D eigenvalue weighted by atomic mass is 16.5. The smallest absolute Gasteiger partial charge is 0.240 e. The van der Waals surface area contributed by atoms with E-state index in [0.717, 1.165) is 137 Å². The summed E-state index contributed by atoms with van der Waals surface area (Å²) in [5.41, 5.74) is 21.2. The maximum Gasteiger partial charge on any atom is 0.240 e. The third kappa shape index (κ3) is 6.21. The molecule has 62 heavy (non-hydrogen) atoms. The molecule has 0 bridgehead atoms. The molecule has 0 radical (unpaired) electrons. The zero-order valence-electron chi connectivity index (χ0n) is 35.8. The Balaban J connectivity index is 0.704. The first-order valence-electron chi connectivity index (χ1n) is 22.5. The van der Waals surface area contributed by atoms with Gasteiger partial charge < -0.3 is 29.4 Å². The zero-order valence-corrected chi connectivity index (χ0v) is 35.8. The molecule has 0 spiro atoms. The lowest BCUT2D eigenvalue weighted by atomic mass is 9.87. The maximum absolute atomic E-state index is 6.24. The van der Waals surface area contributed by atoms with E-state index in [1.165, 1.54) is 44.8 Å². The number of aromatic amines is 4. The number of aryl methyl sites for hydroxylation is 6. The summed E-state index contributed by atoms with van der Waals surface area (Å²) in [5.74, 6) is 6.32. The second-order valence-electron chi connectivity index (χ2n) is 18.0. The van der Waals surface area contributed by atoms with Crippen molar-refractivity contribution in [2.75, 3.05) is 0 Å². The maximum atomic E-state index is 6.24. The van der Waals surface area contributed by atoms with Crippen LogP contribution < -0.4 is 9.47 Å². The van der Waals surface area contributed by atoms with Crippen LogP contribution in [0.3, 0.4) is 0 Å². The SMILES string of the molecule is CCc1nc2c([nH]1)COc1cc(-c3ccc4c(c3)COc3nc(C(C)CCCc5nc6c([nH]5)CCc5cc(-c7ccc8c(c7)CCc7[nH]c(C(C)C)nc7-8)ccc5-6)[nH]c3-4)ccc1-2. The third-order valence-corrected chi connectivity index (χ3v) is 13.6. The van der Waals surface area contributed by atoms with Crippen molar-refractivity contribution in [1.82, 2.24) is 39.9 Å². The summed E-state index contributed by atoms with van der Waals surface area (Å²) in [7, 11) is 0. The van der Waals surface area contributed by atoms with Crippen molar-refractivity contribution < 1.29 is 9.47 Å². The van der Waals surface area contributed by atoms with Crippen LogP contribution in [0.2, 0.25) is 0 Å². The van der Waals surface area contributed by atoms with Gasteiger partial charge >= 0.3 is 0 Å². The van der Waals surface area contributed by atoms with Gasteiger partial charge in [-0.25, -0.2) is 15.0 Å². The number of rotatable bonds is 9. The van der Waals surface area contributed by atoms with E-state index in [4.69, 9.17) is 29.4 Å². The monoisotopic (exact) mass is 818 g/mol. The molecule has 4 aromatic carbocycles. The molecule has 0 fully saturated rings. The number of benzene rings is 4. The number of H-pyrrole nitrogens is 4. The highest BCUT2D eigenvalue weighted by molar-refractivity contribution is 5.81. The lowest BCUT2D eigenvalue weighted by Crippen LogP contribution is -2.06. The van der Waals surface area contributed by atoms with E-state index >= 15 is 0 Å². The van der Waals surface area contributed by atoms with Gasteiger partial charge in [0.05, 0.1) is 22.8 Å². The third-order valence-electron chi connectivity index (χ3n) is 13.6. The first kappa shape index (κ1) is 37.1. The number of aromatic nitrogens is 8. The molecule has 2 aliphatic carbocycles. The van der Waals surface area contributed by atoms with E-state index in [1.807, 2.05) is 0 Å². The minimum absolute atomic E-state index is 0.247. The minimum Gasteiger partial charge on any atom is -0.487 e. The first-order valence-corrected chi connectivity index (χ1v) is 22.5. The van der Waals surface area contributed by atoms with E-state index in [9.17, 15) is 0 Å². The summed E-state index contributed by atoms with van der Waals surface area (Å²) >= 11 is 0. The number of hydrogen-bond acceptors (Lipinski definition) is 6. The molecule has 4 N–H and O–H groups in total. The average molecular weight is 819 g/mol. The molecule has 12 rings (SSSR count). The summed E-state index contributed by atoms with van der Waals surface area (Å²) in [5, 5.41) is 0. The number of nitrogens with one attached hydrogen (secondary N) is 4. The number of imidazole rings is 4. The summed E-state index contributed by atoms with van der Waals surface area (Å²) in [6, 6.07) is 26.9. The lowest BCUT2D eigenvalue weighted by Gasteiger charge is -2.19. The van der Waals surface area contributed by atoms with Crippen LogP contribution in [0.4, 0.5) is 0 Å². The van der Waals surface area contributed by atoms with Crippen LogP contribution >= 0.6 is 0 Å². The summed E-state index contributed by atoms with van der Waals surface area (Å²) in [6.45, 7) is 9.75. The molecule has 310 valence electrons. The van der Waals surface area contributed by atoms with Gasteiger partial charge in [0.1, 0.15) is 48.0 Å². The van der Waals surface area contributed by atoms with Crippen LogP contribution in [-0.2, 0) is 51.7 Å². The van der Waals surface area contributed by atoms with Gasteiger partial charge in [0.15, 0.2) is 0 Å². The number of ether oxygens (including phenoxy) is 2. The van der Waals surface area contributed by atoms with Gasteiger partial charge in [-0.15, -0.1) is 0 Å². The topological polar surface area (TPSA) is 133 Å². The van der Waals surface area contributed by atoms with Crippen LogP contribution in [-0.4, -0.2) is 39.9 Å². The Morgan fingerprint density at radius 1 is 0.548 bits per heavy atom. The van der Waals surface area contributed by atoms with Crippen molar-refractivity contribution in [3.8, 4) is 78.9 Å². The van der Waals surface area contributed by atoms with Crippen molar-refractivity contribution in [3.05, 3.63) is 130 Å². The van der Waals surface area contributed by atoms with Gasteiger partial charge in [0.25, 0.3) is 0 Å². The lowest BCUT2D eigenvalue weighted by molar-refractivity contribution is 0.291. The van der Waals surface area contributed by atoms with Crippen LogP contribution in [0.1, 0.15) is 109 Å². The van der Waals surface area contributed by atoms with Gasteiger partial charge in [-0.3, -0.25) is 0 Å². The van der Waals surface area contributed by atoms with Crippen LogP contribution in [0.25, 0.3) is 67.3 Å². The predicted octanol–water partition coefficient (Wildman–Crippen LogP) is 11.4. The van der Waals surface area contributed by atoms with E-state index in [2.05, 4.69) is 120 Å². The van der Waals surface area contributed by atoms with Crippen molar-refractivity contribution >= 4 is 0 Å². The van der Waals surface area contributed by atoms with Crippen LogP contribution in [0.5, 0.6) is 11.6 Å². The average Bonchev–Trinajstić information content (AvgIpc) is 4.12. The van der Waals surface area contributed by atoms with E-state index in [1.54, 1.807) is 0 Å². The molecule has 4 aliphatic rings. The van der Waals surface area contributed by atoms with E-state index in [-0.39, 0.29) is 5.92 Å². The second kappa shape index (κ2) is 14.5. The van der Waals surface area contributed by atoms with Gasteiger partial charge in [-0.2, -0.15) is 4.98 Å². The fourth-order valence-electron chi connectivity index (χ4n) is 10.0. The molecule has 1 atom stereocenters. The highest BCUT2D eigenvalue weighted by Gasteiger charge is 2.27. The Morgan fingerprint density at radius 2 is 1.16 bits per heavy atom. The Hall–Kier alpha value is -6.68. The molecule has 2 aliphatic heterocycles. The summed E-state index contributed by atoms with van der Waals surface area (Å²) in [6.07, 6.45) is 7.81. The van der Waals surface area contributed by atoms with Crippen molar-refractivity contribution in [2.24, 2.45) is 0 Å². The molecule has 10 heteroatoms. The molecular formula is C52H50N8O2. The van der Waals surface area contributed by atoms with E-state index in [0.29, 0.717) is 25.0 Å². The van der Waals surface area contributed by atoms with Crippen LogP contribution in [0, 0.1) is 0 Å². The van der Waals surface area contributed by atoms with Gasteiger partial charge in [0.2, 0.25) is 5.88 Å². The molecule has 0 saturated carbocycles. The van der Waals surface area contributed by atoms with Gasteiger partial charge in [-0.05, 0) is 95.7 Å². The van der Waals surface area contributed by atoms with Gasteiger partial charge in [0, 0.05) is 58.3 Å². The van der Waals surface area contributed by atoms with Crippen molar-refractivity contribution in [2.45, 2.75) is 104 Å². The fourth-order valence-corrected chi connectivity index (χ4v) is 10.0. The van der Waals surface area contributed by atoms with E-state index < -0.39 is 0 Å². The first-order chi connectivity index (χ1) is 30.3. The zero-order chi connectivity index (χ0) is 41.6. The Bertz CT molecular complexity index is 3070. The quantitative estimate of drug-likeness (QED) is 0.115. The summed E-state index contributed by atoms with van der Waals surface area (Å²) in [4.78, 5) is 34.2. The standard InChI is InChI=1S/C52H50N8O2/c1-5-44-54-42-26-61-43-24-32(12-18-39(43)48(42)56-44)31-11-17-38-35(23-31)25-62-52-49(38)59-51(60-52)28(4)7-6-8-45-53-40-19-13-33-21-29(9-15-36(33)46(40)57-45)30-10-16-37-34(22-30)14-20-41-47(37)58-50(55-41)27(2)3/h9-12,15-18,21-24,27-28H,5-8,13-14,19-20,25-26H2,1-4H3,(H,53,57)(H,54,56)(H,55,58)(H,59,60). The molecule has 10 nitrogen and oxygen atoms in total. The van der Waals surface area contributed by atoms with Crippen LogP contribution in [0.15, 0.2) is 72.8 Å². The van der Waals surface area contributed by atoms with Crippen molar-refractivity contribution in [3.63, 3.8) is 0 Å². The highest BCUT2D eigenvalue weighted by Crippen LogP contribution is 2.43. The molecule has 4 aromatic heterocycles. The number of hydrogen-bond donors (Lipinski definition) is 4.